The third kappa shape index (κ3) is 4.34. The molecule has 0 atom stereocenters. The van der Waals surface area contributed by atoms with Crippen molar-refractivity contribution in [3.8, 4) is 11.5 Å². The van der Waals surface area contributed by atoms with E-state index in [9.17, 15) is 10.1 Å². The predicted molar refractivity (Wildman–Crippen MR) is 84.5 cm³/mol. The molecule has 0 bridgehead atoms. The Morgan fingerprint density at radius 3 is 2.50 bits per heavy atom. The number of rotatable bonds is 6. The van der Waals surface area contributed by atoms with Gasteiger partial charge in [-0.3, -0.25) is 10.1 Å². The lowest BCUT2D eigenvalue weighted by Crippen LogP contribution is -1.98. The SMILES string of the molecule is COc1cc(/C=C/[N+](=O)[O-])ccc1OCc1ccc(C)cc1. The van der Waals surface area contributed by atoms with Gasteiger partial charge in [-0.2, -0.15) is 0 Å². The molecule has 2 aromatic rings. The average Bonchev–Trinajstić information content (AvgIpc) is 2.52. The molecule has 0 aliphatic rings. The van der Waals surface area contributed by atoms with E-state index in [2.05, 4.69) is 0 Å². The van der Waals surface area contributed by atoms with Gasteiger partial charge in [0.1, 0.15) is 6.61 Å². The van der Waals surface area contributed by atoms with Crippen LogP contribution < -0.4 is 9.47 Å². The monoisotopic (exact) mass is 299 g/mol. The summed E-state index contributed by atoms with van der Waals surface area (Å²) in [4.78, 5) is 9.83. The molecule has 0 N–H and O–H groups in total. The smallest absolute Gasteiger partial charge is 0.235 e. The van der Waals surface area contributed by atoms with Gasteiger partial charge in [-0.1, -0.05) is 35.9 Å². The number of ether oxygens (including phenoxy) is 2. The van der Waals surface area contributed by atoms with Crippen LogP contribution in [-0.4, -0.2) is 12.0 Å². The van der Waals surface area contributed by atoms with Gasteiger partial charge in [-0.15, -0.1) is 0 Å². The van der Waals surface area contributed by atoms with E-state index in [-0.39, 0.29) is 0 Å². The van der Waals surface area contributed by atoms with Crippen molar-refractivity contribution >= 4 is 6.08 Å². The van der Waals surface area contributed by atoms with Crippen LogP contribution in [0.3, 0.4) is 0 Å². The lowest BCUT2D eigenvalue weighted by molar-refractivity contribution is -0.400. The Hall–Kier alpha value is -2.82. The molecule has 114 valence electrons. The van der Waals surface area contributed by atoms with Gasteiger partial charge in [0.05, 0.1) is 12.0 Å². The van der Waals surface area contributed by atoms with Crippen molar-refractivity contribution in [2.24, 2.45) is 0 Å². The number of nitro groups is 1. The van der Waals surface area contributed by atoms with Crippen molar-refractivity contribution in [2.45, 2.75) is 13.5 Å². The van der Waals surface area contributed by atoms with E-state index in [1.165, 1.54) is 18.7 Å². The average molecular weight is 299 g/mol. The number of nitrogens with zero attached hydrogens (tertiary/aromatic N) is 1. The first-order chi connectivity index (χ1) is 10.6. The molecule has 0 amide bonds. The maximum atomic E-state index is 10.3. The van der Waals surface area contributed by atoms with Crippen LogP contribution in [0.25, 0.3) is 6.08 Å². The summed E-state index contributed by atoms with van der Waals surface area (Å²) in [7, 11) is 1.54. The Balaban J connectivity index is 2.10. The van der Waals surface area contributed by atoms with E-state index >= 15 is 0 Å². The molecule has 2 aromatic carbocycles. The molecule has 0 saturated heterocycles. The van der Waals surface area contributed by atoms with Gasteiger partial charge >= 0.3 is 0 Å². The van der Waals surface area contributed by atoms with Gasteiger partial charge in [-0.25, -0.2) is 0 Å². The van der Waals surface area contributed by atoms with Crippen molar-refractivity contribution in [3.63, 3.8) is 0 Å². The van der Waals surface area contributed by atoms with E-state index in [4.69, 9.17) is 9.47 Å². The molecule has 0 aromatic heterocycles. The zero-order valence-electron chi connectivity index (χ0n) is 12.5. The summed E-state index contributed by atoms with van der Waals surface area (Å²) in [5, 5.41) is 10.3. The van der Waals surface area contributed by atoms with E-state index < -0.39 is 4.92 Å². The van der Waals surface area contributed by atoms with Crippen LogP contribution in [-0.2, 0) is 6.61 Å². The molecule has 0 heterocycles. The fraction of sp³-hybridized carbons (Fsp3) is 0.176. The van der Waals surface area contributed by atoms with Crippen molar-refractivity contribution in [2.75, 3.05) is 7.11 Å². The Kier molecular flexibility index (Phi) is 5.14. The van der Waals surface area contributed by atoms with Gasteiger partial charge in [0.25, 0.3) is 0 Å². The quantitative estimate of drug-likeness (QED) is 0.600. The van der Waals surface area contributed by atoms with Crippen LogP contribution in [0.1, 0.15) is 16.7 Å². The third-order valence-electron chi connectivity index (χ3n) is 3.09. The topological polar surface area (TPSA) is 61.6 Å². The van der Waals surface area contributed by atoms with Gasteiger partial charge < -0.3 is 9.47 Å². The first-order valence-corrected chi connectivity index (χ1v) is 6.76. The molecule has 0 unspecified atom stereocenters. The summed E-state index contributed by atoms with van der Waals surface area (Å²) < 4.78 is 11.0. The molecule has 0 aliphatic carbocycles. The lowest BCUT2D eigenvalue weighted by atomic mass is 10.1. The minimum absolute atomic E-state index is 0.431. The number of benzene rings is 2. The predicted octanol–water partition coefficient (Wildman–Crippen LogP) is 3.83. The highest BCUT2D eigenvalue weighted by molar-refractivity contribution is 5.55. The molecule has 0 aliphatic heterocycles. The second-order valence-corrected chi connectivity index (χ2v) is 4.79. The van der Waals surface area contributed by atoms with E-state index in [0.29, 0.717) is 23.7 Å². The highest BCUT2D eigenvalue weighted by Crippen LogP contribution is 2.29. The van der Waals surface area contributed by atoms with Gasteiger partial charge in [0.15, 0.2) is 11.5 Å². The summed E-state index contributed by atoms with van der Waals surface area (Å²) in [5.41, 5.74) is 2.93. The minimum atomic E-state index is -0.506. The van der Waals surface area contributed by atoms with Crippen molar-refractivity contribution in [1.29, 1.82) is 0 Å². The summed E-state index contributed by atoms with van der Waals surface area (Å²) >= 11 is 0. The number of hydrogen-bond acceptors (Lipinski definition) is 4. The second kappa shape index (κ2) is 7.26. The molecule has 0 spiro atoms. The zero-order chi connectivity index (χ0) is 15.9. The maximum absolute atomic E-state index is 10.3. The van der Waals surface area contributed by atoms with Gasteiger partial charge in [0.2, 0.25) is 6.20 Å². The Labute approximate surface area is 129 Å². The Morgan fingerprint density at radius 1 is 1.14 bits per heavy atom. The molecule has 22 heavy (non-hydrogen) atoms. The standard InChI is InChI=1S/C17H17NO4/c1-13-3-5-15(6-4-13)12-22-16-8-7-14(9-10-18(19)20)11-17(16)21-2/h3-11H,12H2,1-2H3/b10-9+. The lowest BCUT2D eigenvalue weighted by Gasteiger charge is -2.11. The van der Waals surface area contributed by atoms with E-state index in [1.54, 1.807) is 18.2 Å². The van der Waals surface area contributed by atoms with Crippen LogP contribution >= 0.6 is 0 Å². The molecule has 0 radical (unpaired) electrons. The van der Waals surface area contributed by atoms with Crippen LogP contribution in [0.2, 0.25) is 0 Å². The van der Waals surface area contributed by atoms with Crippen LogP contribution in [0.5, 0.6) is 11.5 Å². The van der Waals surface area contributed by atoms with Crippen LogP contribution in [0.4, 0.5) is 0 Å². The summed E-state index contributed by atoms with van der Waals surface area (Å²) in [6, 6.07) is 13.3. The first-order valence-electron chi connectivity index (χ1n) is 6.76. The molecule has 0 saturated carbocycles. The maximum Gasteiger partial charge on any atom is 0.235 e. The Bertz CT molecular complexity index is 678. The minimum Gasteiger partial charge on any atom is -0.493 e. The van der Waals surface area contributed by atoms with Crippen molar-refractivity contribution in [3.05, 3.63) is 75.5 Å². The largest absolute Gasteiger partial charge is 0.493 e. The molecule has 0 fully saturated rings. The van der Waals surface area contributed by atoms with Crippen LogP contribution in [0, 0.1) is 17.0 Å². The fourth-order valence-corrected chi connectivity index (χ4v) is 1.90. The van der Waals surface area contributed by atoms with E-state index in [1.807, 2.05) is 31.2 Å². The third-order valence-corrected chi connectivity index (χ3v) is 3.09. The van der Waals surface area contributed by atoms with Gasteiger partial charge in [-0.05, 0) is 30.2 Å². The fourth-order valence-electron chi connectivity index (χ4n) is 1.90. The number of hydrogen-bond donors (Lipinski definition) is 0. The molecule has 5 nitrogen and oxygen atoms in total. The summed E-state index contributed by atoms with van der Waals surface area (Å²) in [6.07, 6.45) is 2.30. The normalized spacial score (nSPS) is 10.6. The van der Waals surface area contributed by atoms with Crippen molar-refractivity contribution < 1.29 is 14.4 Å². The van der Waals surface area contributed by atoms with Gasteiger partial charge in [0, 0.05) is 6.08 Å². The molecular formula is C17H17NO4. The molecule has 2 rings (SSSR count). The second-order valence-electron chi connectivity index (χ2n) is 4.79. The van der Waals surface area contributed by atoms with Crippen molar-refractivity contribution in [1.82, 2.24) is 0 Å². The number of aryl methyl sites for hydroxylation is 1. The zero-order valence-corrected chi connectivity index (χ0v) is 12.5. The first kappa shape index (κ1) is 15.6. The highest BCUT2D eigenvalue weighted by atomic mass is 16.6. The molecular weight excluding hydrogens is 282 g/mol. The summed E-state index contributed by atoms with van der Waals surface area (Å²) in [6.45, 7) is 2.46. The summed E-state index contributed by atoms with van der Waals surface area (Å²) in [5.74, 6) is 1.14. The number of methoxy groups -OCH3 is 1. The van der Waals surface area contributed by atoms with E-state index in [0.717, 1.165) is 11.8 Å². The highest BCUT2D eigenvalue weighted by Gasteiger charge is 2.06. The van der Waals surface area contributed by atoms with Crippen LogP contribution in [0.15, 0.2) is 48.7 Å². The molecule has 5 heteroatoms. The Morgan fingerprint density at radius 2 is 1.86 bits per heavy atom.